The lowest BCUT2D eigenvalue weighted by molar-refractivity contribution is 0.473. The maximum atomic E-state index is 9.59. The minimum Gasteiger partial charge on any atom is -0.505 e. The molecule has 0 atom stereocenters. The van der Waals surface area contributed by atoms with E-state index in [1.54, 1.807) is 12.3 Å². The number of aromatic nitrogens is 3. The van der Waals surface area contributed by atoms with Gasteiger partial charge in [0.15, 0.2) is 10.9 Å². The number of benzene rings is 1. The largest absolute Gasteiger partial charge is 0.505 e. The Morgan fingerprint density at radius 1 is 1.05 bits per heavy atom. The Balaban J connectivity index is 2.20. The van der Waals surface area contributed by atoms with E-state index in [0.29, 0.717) is 5.82 Å². The van der Waals surface area contributed by atoms with Gasteiger partial charge in [-0.3, -0.25) is 0 Å². The molecule has 19 heavy (non-hydrogen) atoms. The smallest absolute Gasteiger partial charge is 0.170 e. The van der Waals surface area contributed by atoms with Crippen LogP contribution in [0.25, 0.3) is 22.0 Å². The summed E-state index contributed by atoms with van der Waals surface area (Å²) in [5, 5.41) is 10.4. The molecule has 6 heteroatoms. The van der Waals surface area contributed by atoms with Gasteiger partial charge in [0.2, 0.25) is 0 Å². The predicted octanol–water partition coefficient (Wildman–Crippen LogP) is 2.63. The highest BCUT2D eigenvalue weighted by molar-refractivity contribution is 6.30. The number of pyridine rings is 1. The first-order valence-corrected chi connectivity index (χ1v) is 5.88. The molecule has 0 radical (unpaired) electrons. The summed E-state index contributed by atoms with van der Waals surface area (Å²) in [4.78, 5) is 12.0. The fraction of sp³-hybridized carbons (Fsp3) is 0. The number of fused-ring (bicyclic) bond motifs is 1. The molecule has 5 nitrogen and oxygen atoms in total. The van der Waals surface area contributed by atoms with Gasteiger partial charge in [-0.25, -0.2) is 15.0 Å². The van der Waals surface area contributed by atoms with E-state index in [2.05, 4.69) is 15.0 Å². The summed E-state index contributed by atoms with van der Waals surface area (Å²) in [7, 11) is 0. The molecule has 3 N–H and O–H groups in total. The first-order chi connectivity index (χ1) is 9.15. The second-order valence-corrected chi connectivity index (χ2v) is 4.38. The number of halogens is 1. The van der Waals surface area contributed by atoms with Gasteiger partial charge in [-0.15, -0.1) is 0 Å². The fourth-order valence-electron chi connectivity index (χ4n) is 1.85. The van der Waals surface area contributed by atoms with Gasteiger partial charge in [0.05, 0.1) is 5.52 Å². The Morgan fingerprint density at radius 3 is 2.68 bits per heavy atom. The van der Waals surface area contributed by atoms with E-state index in [1.165, 1.54) is 6.33 Å². The average molecular weight is 273 g/mol. The van der Waals surface area contributed by atoms with Crippen LogP contribution in [0.2, 0.25) is 5.15 Å². The molecule has 0 unspecified atom stereocenters. The third-order valence-corrected chi connectivity index (χ3v) is 3.11. The number of anilines is 1. The highest BCUT2D eigenvalue weighted by Gasteiger charge is 2.06. The molecule has 0 fully saturated rings. The van der Waals surface area contributed by atoms with Crippen LogP contribution in [-0.4, -0.2) is 20.1 Å². The second-order valence-electron chi connectivity index (χ2n) is 4.02. The van der Waals surface area contributed by atoms with Crippen molar-refractivity contribution in [1.82, 2.24) is 15.0 Å². The molecule has 94 valence electrons. The molecule has 0 amide bonds. The zero-order valence-electron chi connectivity index (χ0n) is 9.71. The Labute approximate surface area is 113 Å². The van der Waals surface area contributed by atoms with Gasteiger partial charge in [0.1, 0.15) is 12.1 Å². The topological polar surface area (TPSA) is 84.9 Å². The van der Waals surface area contributed by atoms with Crippen LogP contribution in [0.4, 0.5) is 5.82 Å². The lowest BCUT2D eigenvalue weighted by Gasteiger charge is -2.05. The Bertz CT molecular complexity index is 776. The van der Waals surface area contributed by atoms with E-state index >= 15 is 0 Å². The van der Waals surface area contributed by atoms with Crippen LogP contribution in [0.1, 0.15) is 0 Å². The fourth-order valence-corrected chi connectivity index (χ4v) is 1.95. The molecule has 2 aromatic heterocycles. The first-order valence-electron chi connectivity index (χ1n) is 5.50. The van der Waals surface area contributed by atoms with Crippen molar-refractivity contribution in [2.75, 3.05) is 5.73 Å². The van der Waals surface area contributed by atoms with E-state index in [-0.39, 0.29) is 10.9 Å². The van der Waals surface area contributed by atoms with Crippen molar-refractivity contribution in [1.29, 1.82) is 0 Å². The maximum absolute atomic E-state index is 9.59. The summed E-state index contributed by atoms with van der Waals surface area (Å²) in [6.07, 6.45) is 3.01. The van der Waals surface area contributed by atoms with Gasteiger partial charge in [0.25, 0.3) is 0 Å². The second kappa shape index (κ2) is 4.37. The standard InChI is InChI=1S/C13H9ClN4O/c14-12-11(19)4-8(5-16-12)7-1-2-10-9(3-7)13(15)18-6-17-10/h1-6,19H,(H2,15,17,18). The van der Waals surface area contributed by atoms with Crippen molar-refractivity contribution in [3.8, 4) is 16.9 Å². The van der Waals surface area contributed by atoms with Gasteiger partial charge in [-0.05, 0) is 23.8 Å². The molecule has 0 aliphatic carbocycles. The van der Waals surface area contributed by atoms with Gasteiger partial charge < -0.3 is 10.8 Å². The van der Waals surface area contributed by atoms with Crippen LogP contribution in [0.15, 0.2) is 36.8 Å². The van der Waals surface area contributed by atoms with Crippen molar-refractivity contribution in [2.24, 2.45) is 0 Å². The minimum atomic E-state index is -0.0588. The van der Waals surface area contributed by atoms with Crippen molar-refractivity contribution in [3.05, 3.63) is 41.9 Å². The monoisotopic (exact) mass is 272 g/mol. The highest BCUT2D eigenvalue weighted by atomic mass is 35.5. The summed E-state index contributed by atoms with van der Waals surface area (Å²) in [5.74, 6) is 0.356. The highest BCUT2D eigenvalue weighted by Crippen LogP contribution is 2.29. The van der Waals surface area contributed by atoms with Crippen LogP contribution in [0.3, 0.4) is 0 Å². The number of nitrogens with two attached hydrogens (primary N) is 1. The van der Waals surface area contributed by atoms with E-state index in [1.807, 2.05) is 18.2 Å². The lowest BCUT2D eigenvalue weighted by atomic mass is 10.1. The predicted molar refractivity (Wildman–Crippen MR) is 73.9 cm³/mol. The van der Waals surface area contributed by atoms with Gasteiger partial charge in [-0.1, -0.05) is 17.7 Å². The number of rotatable bonds is 1. The van der Waals surface area contributed by atoms with Gasteiger partial charge >= 0.3 is 0 Å². The molecule has 0 aliphatic heterocycles. The number of nitrogens with zero attached hydrogens (tertiary/aromatic N) is 3. The molecule has 0 saturated heterocycles. The van der Waals surface area contributed by atoms with Crippen molar-refractivity contribution in [2.45, 2.75) is 0 Å². The van der Waals surface area contributed by atoms with Crippen molar-refractivity contribution in [3.63, 3.8) is 0 Å². The number of nitrogen functional groups attached to an aromatic ring is 1. The van der Waals surface area contributed by atoms with Gasteiger partial charge in [-0.2, -0.15) is 0 Å². The number of aromatic hydroxyl groups is 1. The summed E-state index contributed by atoms with van der Waals surface area (Å²) in [6.45, 7) is 0. The molecule has 0 spiro atoms. The van der Waals surface area contributed by atoms with Crippen LogP contribution >= 0.6 is 11.6 Å². The van der Waals surface area contributed by atoms with E-state index < -0.39 is 0 Å². The molecule has 3 aromatic rings. The minimum absolute atomic E-state index is 0.0588. The van der Waals surface area contributed by atoms with Crippen LogP contribution in [0, 0.1) is 0 Å². The molecule has 0 saturated carbocycles. The molecule has 0 bridgehead atoms. The number of hydrogen-bond acceptors (Lipinski definition) is 5. The molecule has 2 heterocycles. The Hall–Kier alpha value is -2.40. The lowest BCUT2D eigenvalue weighted by Crippen LogP contribution is -1.93. The Morgan fingerprint density at radius 2 is 1.89 bits per heavy atom. The van der Waals surface area contributed by atoms with E-state index in [0.717, 1.165) is 22.0 Å². The average Bonchev–Trinajstić information content (AvgIpc) is 2.42. The normalized spacial score (nSPS) is 10.8. The van der Waals surface area contributed by atoms with E-state index in [9.17, 15) is 5.11 Å². The Kier molecular flexibility index (Phi) is 2.68. The zero-order chi connectivity index (χ0) is 13.4. The summed E-state index contributed by atoms with van der Waals surface area (Å²) < 4.78 is 0. The summed E-state index contributed by atoms with van der Waals surface area (Å²) in [5.41, 5.74) is 8.18. The molecule has 3 rings (SSSR count). The van der Waals surface area contributed by atoms with Crippen LogP contribution < -0.4 is 5.73 Å². The third kappa shape index (κ3) is 2.04. The molecular formula is C13H9ClN4O. The van der Waals surface area contributed by atoms with Gasteiger partial charge in [0, 0.05) is 17.1 Å². The summed E-state index contributed by atoms with van der Waals surface area (Å²) in [6, 6.07) is 7.12. The SMILES string of the molecule is Nc1ncnc2ccc(-c3cnc(Cl)c(O)c3)cc12. The maximum Gasteiger partial charge on any atom is 0.170 e. The number of hydrogen-bond donors (Lipinski definition) is 2. The first kappa shape index (κ1) is 11.7. The molecule has 0 aliphatic rings. The van der Waals surface area contributed by atoms with Crippen molar-refractivity contribution < 1.29 is 5.11 Å². The van der Waals surface area contributed by atoms with Crippen molar-refractivity contribution >= 4 is 28.3 Å². The van der Waals surface area contributed by atoms with Crippen LogP contribution in [-0.2, 0) is 0 Å². The zero-order valence-corrected chi connectivity index (χ0v) is 10.5. The third-order valence-electron chi connectivity index (χ3n) is 2.82. The van der Waals surface area contributed by atoms with Crippen LogP contribution in [0.5, 0.6) is 5.75 Å². The molecule has 1 aromatic carbocycles. The molecular weight excluding hydrogens is 264 g/mol. The van der Waals surface area contributed by atoms with E-state index in [4.69, 9.17) is 17.3 Å². The quantitative estimate of drug-likeness (QED) is 0.665. The summed E-state index contributed by atoms with van der Waals surface area (Å²) >= 11 is 5.69.